The average molecular weight is 253 g/mol. The molecule has 2 rings (SSSR count). The van der Waals surface area contributed by atoms with Crippen molar-refractivity contribution in [2.75, 3.05) is 6.61 Å². The Morgan fingerprint density at radius 2 is 2.24 bits per heavy atom. The highest BCUT2D eigenvalue weighted by Gasteiger charge is 2.10. The van der Waals surface area contributed by atoms with Gasteiger partial charge in [0.1, 0.15) is 0 Å². The molecule has 0 aliphatic carbocycles. The van der Waals surface area contributed by atoms with E-state index in [1.807, 2.05) is 0 Å². The molecule has 4 nitrogen and oxygen atoms in total. The van der Waals surface area contributed by atoms with E-state index in [1.54, 1.807) is 12.1 Å². The van der Waals surface area contributed by atoms with E-state index in [0.717, 1.165) is 17.6 Å². The van der Waals surface area contributed by atoms with E-state index < -0.39 is 0 Å². The van der Waals surface area contributed by atoms with Crippen molar-refractivity contribution in [3.63, 3.8) is 0 Å². The summed E-state index contributed by atoms with van der Waals surface area (Å²) in [5.74, 6) is 0.499. The standard InChI is InChI=1S/C12H13ClN2O2/c1-2-3-8-17-11-5-4-10-12(14-11)9(13)6-7-15(10)16/h4-7H,2-3,8H2,1H3. The third-order valence-electron chi connectivity index (χ3n) is 2.42. The number of pyridine rings is 2. The van der Waals surface area contributed by atoms with Crippen molar-refractivity contribution in [2.24, 2.45) is 0 Å². The van der Waals surface area contributed by atoms with Crippen LogP contribution in [0.4, 0.5) is 0 Å². The molecule has 0 unspecified atom stereocenters. The smallest absolute Gasteiger partial charge is 0.244 e. The van der Waals surface area contributed by atoms with Crippen molar-refractivity contribution in [3.05, 3.63) is 34.6 Å². The highest BCUT2D eigenvalue weighted by atomic mass is 35.5. The molecule has 0 amide bonds. The Bertz CT molecular complexity index is 531. The predicted octanol–water partition coefficient (Wildman–Crippen LogP) is 2.70. The number of nitrogens with zero attached hydrogens (tertiary/aromatic N) is 2. The molecule has 17 heavy (non-hydrogen) atoms. The number of unbranched alkanes of at least 4 members (excludes halogenated alkanes) is 1. The molecule has 0 radical (unpaired) electrons. The van der Waals surface area contributed by atoms with E-state index in [0.29, 0.717) is 28.5 Å². The fourth-order valence-corrected chi connectivity index (χ4v) is 1.68. The van der Waals surface area contributed by atoms with Crippen molar-refractivity contribution >= 4 is 22.6 Å². The molecule has 0 saturated heterocycles. The number of hydrogen-bond acceptors (Lipinski definition) is 3. The summed E-state index contributed by atoms with van der Waals surface area (Å²) in [7, 11) is 0. The first-order valence-electron chi connectivity index (χ1n) is 5.53. The molecule has 2 aromatic heterocycles. The molecule has 0 spiro atoms. The second-order valence-electron chi connectivity index (χ2n) is 3.71. The lowest BCUT2D eigenvalue weighted by Gasteiger charge is -2.06. The summed E-state index contributed by atoms with van der Waals surface area (Å²) in [6, 6.07) is 4.88. The first kappa shape index (κ1) is 11.9. The van der Waals surface area contributed by atoms with Gasteiger partial charge >= 0.3 is 0 Å². The van der Waals surface area contributed by atoms with Crippen LogP contribution < -0.4 is 9.47 Å². The van der Waals surface area contributed by atoms with Gasteiger partial charge in [-0.3, -0.25) is 0 Å². The fraction of sp³-hybridized carbons (Fsp3) is 0.333. The van der Waals surface area contributed by atoms with Gasteiger partial charge in [0.05, 0.1) is 11.6 Å². The summed E-state index contributed by atoms with van der Waals surface area (Å²) in [4.78, 5) is 4.23. The minimum atomic E-state index is 0.445. The second-order valence-corrected chi connectivity index (χ2v) is 4.12. The van der Waals surface area contributed by atoms with Crippen LogP contribution in [0.3, 0.4) is 0 Å². The normalized spacial score (nSPS) is 10.7. The van der Waals surface area contributed by atoms with Crippen molar-refractivity contribution in [2.45, 2.75) is 19.8 Å². The number of rotatable bonds is 4. The van der Waals surface area contributed by atoms with E-state index in [2.05, 4.69) is 11.9 Å². The molecule has 0 aliphatic rings. The molecular weight excluding hydrogens is 240 g/mol. The van der Waals surface area contributed by atoms with Crippen molar-refractivity contribution < 1.29 is 9.47 Å². The van der Waals surface area contributed by atoms with Crippen molar-refractivity contribution in [1.29, 1.82) is 0 Å². The number of fused-ring (bicyclic) bond motifs is 1. The maximum absolute atomic E-state index is 11.5. The lowest BCUT2D eigenvalue weighted by atomic mass is 10.3. The van der Waals surface area contributed by atoms with Crippen LogP contribution in [0.25, 0.3) is 11.0 Å². The molecule has 0 aromatic carbocycles. The summed E-state index contributed by atoms with van der Waals surface area (Å²) < 4.78 is 6.21. The number of hydrogen-bond donors (Lipinski definition) is 0. The Morgan fingerprint density at radius 1 is 1.41 bits per heavy atom. The van der Waals surface area contributed by atoms with Gasteiger partial charge in [-0.15, -0.1) is 0 Å². The van der Waals surface area contributed by atoms with Crippen LogP contribution in [0, 0.1) is 5.21 Å². The van der Waals surface area contributed by atoms with Gasteiger partial charge in [-0.25, -0.2) is 4.98 Å². The van der Waals surface area contributed by atoms with Gasteiger partial charge in [-0.05, 0) is 6.42 Å². The highest BCUT2D eigenvalue weighted by molar-refractivity contribution is 6.34. The van der Waals surface area contributed by atoms with Crippen LogP contribution in [0.15, 0.2) is 24.4 Å². The van der Waals surface area contributed by atoms with Crippen LogP contribution in [0.2, 0.25) is 5.02 Å². The molecule has 2 aromatic rings. The summed E-state index contributed by atoms with van der Waals surface area (Å²) in [5.41, 5.74) is 0.915. The maximum Gasteiger partial charge on any atom is 0.244 e. The van der Waals surface area contributed by atoms with Crippen LogP contribution in [-0.2, 0) is 0 Å². The lowest BCUT2D eigenvalue weighted by Crippen LogP contribution is -2.26. The Balaban J connectivity index is 2.33. The molecule has 0 saturated carbocycles. The van der Waals surface area contributed by atoms with Crippen molar-refractivity contribution in [1.82, 2.24) is 4.98 Å². The zero-order chi connectivity index (χ0) is 12.3. The van der Waals surface area contributed by atoms with E-state index in [1.165, 1.54) is 12.3 Å². The van der Waals surface area contributed by atoms with Crippen molar-refractivity contribution in [3.8, 4) is 5.88 Å². The number of ether oxygens (including phenoxy) is 1. The average Bonchev–Trinajstić information content (AvgIpc) is 2.34. The van der Waals surface area contributed by atoms with Crippen LogP contribution in [0.5, 0.6) is 5.88 Å². The number of aromatic nitrogens is 2. The Kier molecular flexibility index (Phi) is 3.64. The molecule has 90 valence electrons. The molecule has 0 bridgehead atoms. The Hall–Kier alpha value is -1.55. The monoisotopic (exact) mass is 252 g/mol. The van der Waals surface area contributed by atoms with Crippen LogP contribution in [0.1, 0.15) is 19.8 Å². The zero-order valence-corrected chi connectivity index (χ0v) is 10.3. The summed E-state index contributed by atoms with van der Waals surface area (Å²) in [6.07, 6.45) is 3.41. The first-order valence-corrected chi connectivity index (χ1v) is 5.91. The van der Waals surface area contributed by atoms with E-state index in [-0.39, 0.29) is 0 Å². The summed E-state index contributed by atoms with van der Waals surface area (Å²) in [6.45, 7) is 2.71. The SMILES string of the molecule is CCCCOc1ccc2c(n1)c(Cl)cc[n+]2[O-]. The Labute approximate surface area is 104 Å². The zero-order valence-electron chi connectivity index (χ0n) is 9.52. The molecule has 5 heteroatoms. The van der Waals surface area contributed by atoms with Gasteiger partial charge in [0.25, 0.3) is 0 Å². The molecule has 0 N–H and O–H groups in total. The van der Waals surface area contributed by atoms with Gasteiger partial charge in [-0.1, -0.05) is 24.9 Å². The Morgan fingerprint density at radius 3 is 3.00 bits per heavy atom. The molecule has 2 heterocycles. The summed E-state index contributed by atoms with van der Waals surface area (Å²) in [5, 5.41) is 11.9. The predicted molar refractivity (Wildman–Crippen MR) is 66.1 cm³/mol. The minimum Gasteiger partial charge on any atom is -0.618 e. The number of halogens is 1. The summed E-state index contributed by atoms with van der Waals surface area (Å²) >= 11 is 5.99. The first-order chi connectivity index (χ1) is 8.22. The van der Waals surface area contributed by atoms with Gasteiger partial charge in [0, 0.05) is 18.2 Å². The third-order valence-corrected chi connectivity index (χ3v) is 2.72. The van der Waals surface area contributed by atoms with Crippen LogP contribution in [-0.4, -0.2) is 11.6 Å². The van der Waals surface area contributed by atoms with Gasteiger partial charge in [-0.2, -0.15) is 4.73 Å². The molecular formula is C12H13ClN2O2. The minimum absolute atomic E-state index is 0.445. The molecule has 0 atom stereocenters. The quantitative estimate of drug-likeness (QED) is 0.478. The van der Waals surface area contributed by atoms with E-state index in [9.17, 15) is 5.21 Å². The van der Waals surface area contributed by atoms with Gasteiger partial charge < -0.3 is 9.94 Å². The fourth-order valence-electron chi connectivity index (χ4n) is 1.48. The highest BCUT2D eigenvalue weighted by Crippen LogP contribution is 2.21. The third kappa shape index (κ3) is 2.58. The topological polar surface area (TPSA) is 49.1 Å². The van der Waals surface area contributed by atoms with E-state index in [4.69, 9.17) is 16.3 Å². The van der Waals surface area contributed by atoms with E-state index >= 15 is 0 Å². The maximum atomic E-state index is 11.5. The largest absolute Gasteiger partial charge is 0.618 e. The van der Waals surface area contributed by atoms with Gasteiger partial charge in [0.15, 0.2) is 11.7 Å². The lowest BCUT2D eigenvalue weighted by molar-refractivity contribution is -0.577. The molecule has 0 aliphatic heterocycles. The van der Waals surface area contributed by atoms with Gasteiger partial charge in [0.2, 0.25) is 11.4 Å². The second kappa shape index (κ2) is 5.19. The van der Waals surface area contributed by atoms with Crippen LogP contribution >= 0.6 is 11.6 Å². The molecule has 0 fully saturated rings.